The Hall–Kier alpha value is -1.55. The van der Waals surface area contributed by atoms with Crippen molar-refractivity contribution in [2.75, 3.05) is 13.7 Å². The van der Waals surface area contributed by atoms with Crippen LogP contribution in [0.15, 0.2) is 18.2 Å². The van der Waals surface area contributed by atoms with Gasteiger partial charge < -0.3 is 15.2 Å². The summed E-state index contributed by atoms with van der Waals surface area (Å²) >= 11 is 0. The van der Waals surface area contributed by atoms with Crippen LogP contribution in [0.4, 0.5) is 0 Å². The summed E-state index contributed by atoms with van der Waals surface area (Å²) in [6.45, 7) is 2.21. The van der Waals surface area contributed by atoms with Crippen LogP contribution in [-0.2, 0) is 16.0 Å². The van der Waals surface area contributed by atoms with Crippen LogP contribution in [0.5, 0.6) is 5.75 Å². The first-order valence-electron chi connectivity index (χ1n) is 6.26. The molecule has 98 valence electrons. The van der Waals surface area contributed by atoms with Crippen LogP contribution in [0.1, 0.15) is 30.5 Å². The smallest absolute Gasteiger partial charge is 0.310 e. The summed E-state index contributed by atoms with van der Waals surface area (Å²) in [6, 6.07) is 5.55. The van der Waals surface area contributed by atoms with Crippen LogP contribution in [0.3, 0.4) is 0 Å². The molecule has 0 heterocycles. The maximum atomic E-state index is 11.8. The van der Waals surface area contributed by atoms with Gasteiger partial charge in [0.1, 0.15) is 5.75 Å². The molecule has 0 unspecified atom stereocenters. The van der Waals surface area contributed by atoms with Crippen LogP contribution in [-0.4, -0.2) is 19.7 Å². The van der Waals surface area contributed by atoms with Crippen molar-refractivity contribution in [3.63, 3.8) is 0 Å². The fourth-order valence-electron chi connectivity index (χ4n) is 2.47. The number of methoxy groups -OCH3 is 1. The topological polar surface area (TPSA) is 61.5 Å². The largest absolute Gasteiger partial charge is 0.497 e. The van der Waals surface area contributed by atoms with Crippen molar-refractivity contribution in [2.24, 2.45) is 11.7 Å². The highest BCUT2D eigenvalue weighted by atomic mass is 16.5. The van der Waals surface area contributed by atoms with Crippen molar-refractivity contribution in [1.82, 2.24) is 0 Å². The first-order valence-corrected chi connectivity index (χ1v) is 6.26. The number of nitrogens with two attached hydrogens (primary N) is 1. The Morgan fingerprint density at radius 3 is 2.94 bits per heavy atom. The lowest BCUT2D eigenvalue weighted by Crippen LogP contribution is -2.34. The third-order valence-electron chi connectivity index (χ3n) is 3.46. The van der Waals surface area contributed by atoms with E-state index in [2.05, 4.69) is 0 Å². The SMILES string of the molecule is CCOC(=O)[C@H]1CCc2cc(OC)ccc2[C@H]1N. The number of fused-ring (bicyclic) bond motifs is 1. The molecule has 1 aromatic carbocycles. The molecule has 2 atom stereocenters. The van der Waals surface area contributed by atoms with Gasteiger partial charge in [0.2, 0.25) is 0 Å². The highest BCUT2D eigenvalue weighted by molar-refractivity contribution is 5.74. The van der Waals surface area contributed by atoms with Gasteiger partial charge in [0, 0.05) is 6.04 Å². The van der Waals surface area contributed by atoms with Gasteiger partial charge >= 0.3 is 5.97 Å². The number of carbonyl (C=O) groups is 1. The quantitative estimate of drug-likeness (QED) is 0.830. The van der Waals surface area contributed by atoms with E-state index in [1.807, 2.05) is 25.1 Å². The second kappa shape index (κ2) is 5.40. The standard InChI is InChI=1S/C14H19NO3/c1-3-18-14(16)12-6-4-9-8-10(17-2)5-7-11(9)13(12)15/h5,7-8,12-13H,3-4,6,15H2,1-2H3/t12-,13+/m0/s1. The summed E-state index contributed by atoms with van der Waals surface area (Å²) in [4.78, 5) is 11.8. The summed E-state index contributed by atoms with van der Waals surface area (Å²) in [5, 5.41) is 0. The molecule has 2 rings (SSSR count). The number of esters is 1. The van der Waals surface area contributed by atoms with Gasteiger partial charge in [-0.3, -0.25) is 4.79 Å². The minimum atomic E-state index is -0.279. The van der Waals surface area contributed by atoms with Gasteiger partial charge in [-0.2, -0.15) is 0 Å². The fraction of sp³-hybridized carbons (Fsp3) is 0.500. The van der Waals surface area contributed by atoms with E-state index in [-0.39, 0.29) is 17.9 Å². The Balaban J connectivity index is 2.23. The molecule has 0 amide bonds. The van der Waals surface area contributed by atoms with Gasteiger partial charge in [-0.1, -0.05) is 6.07 Å². The zero-order valence-corrected chi connectivity index (χ0v) is 10.8. The van der Waals surface area contributed by atoms with Gasteiger partial charge in [0.15, 0.2) is 0 Å². The number of aryl methyl sites for hydroxylation is 1. The number of ether oxygens (including phenoxy) is 2. The molecule has 0 aliphatic heterocycles. The van der Waals surface area contributed by atoms with Crippen LogP contribution in [0.25, 0.3) is 0 Å². The molecule has 0 saturated heterocycles. The Kier molecular flexibility index (Phi) is 3.87. The molecule has 4 heteroatoms. The molecule has 18 heavy (non-hydrogen) atoms. The van der Waals surface area contributed by atoms with Gasteiger partial charge in [-0.15, -0.1) is 0 Å². The lowest BCUT2D eigenvalue weighted by Gasteiger charge is -2.29. The zero-order valence-electron chi connectivity index (χ0n) is 10.8. The van der Waals surface area contributed by atoms with E-state index in [1.54, 1.807) is 7.11 Å². The van der Waals surface area contributed by atoms with E-state index in [1.165, 1.54) is 5.56 Å². The van der Waals surface area contributed by atoms with E-state index in [0.717, 1.165) is 24.2 Å². The van der Waals surface area contributed by atoms with E-state index < -0.39 is 0 Å². The summed E-state index contributed by atoms with van der Waals surface area (Å²) in [7, 11) is 1.64. The number of benzene rings is 1. The van der Waals surface area contributed by atoms with Gasteiger partial charge in [0.25, 0.3) is 0 Å². The summed E-state index contributed by atoms with van der Waals surface area (Å²) < 4.78 is 10.3. The lowest BCUT2D eigenvalue weighted by atomic mass is 9.80. The Morgan fingerprint density at radius 2 is 2.28 bits per heavy atom. The van der Waals surface area contributed by atoms with Crippen molar-refractivity contribution in [3.05, 3.63) is 29.3 Å². The van der Waals surface area contributed by atoms with Gasteiger partial charge in [-0.25, -0.2) is 0 Å². The summed E-state index contributed by atoms with van der Waals surface area (Å²) in [5.41, 5.74) is 8.37. The average Bonchev–Trinajstić information content (AvgIpc) is 2.38. The zero-order chi connectivity index (χ0) is 13.1. The molecule has 0 radical (unpaired) electrons. The number of hydrogen-bond acceptors (Lipinski definition) is 4. The molecule has 0 bridgehead atoms. The highest BCUT2D eigenvalue weighted by Crippen LogP contribution is 2.35. The van der Waals surface area contributed by atoms with Crippen LogP contribution in [0.2, 0.25) is 0 Å². The van der Waals surface area contributed by atoms with Crippen LogP contribution >= 0.6 is 0 Å². The van der Waals surface area contributed by atoms with E-state index in [4.69, 9.17) is 15.2 Å². The molecule has 2 N–H and O–H groups in total. The second-order valence-corrected chi connectivity index (χ2v) is 4.49. The maximum absolute atomic E-state index is 11.8. The van der Waals surface area contributed by atoms with Crippen molar-refractivity contribution >= 4 is 5.97 Å². The first-order chi connectivity index (χ1) is 8.67. The Bertz CT molecular complexity index is 445. The maximum Gasteiger partial charge on any atom is 0.310 e. The molecule has 4 nitrogen and oxygen atoms in total. The third-order valence-corrected chi connectivity index (χ3v) is 3.46. The van der Waals surface area contributed by atoms with E-state index in [9.17, 15) is 4.79 Å². The minimum absolute atomic E-state index is 0.188. The minimum Gasteiger partial charge on any atom is -0.497 e. The molecule has 0 fully saturated rings. The van der Waals surface area contributed by atoms with Gasteiger partial charge in [0.05, 0.1) is 19.6 Å². The predicted octanol–water partition coefficient (Wildman–Crippen LogP) is 1.82. The Morgan fingerprint density at radius 1 is 1.50 bits per heavy atom. The normalized spacial score (nSPS) is 22.2. The fourth-order valence-corrected chi connectivity index (χ4v) is 2.47. The van der Waals surface area contributed by atoms with E-state index in [0.29, 0.717) is 6.61 Å². The van der Waals surface area contributed by atoms with Crippen molar-refractivity contribution in [1.29, 1.82) is 0 Å². The van der Waals surface area contributed by atoms with Crippen LogP contribution < -0.4 is 10.5 Å². The third kappa shape index (κ3) is 2.34. The lowest BCUT2D eigenvalue weighted by molar-refractivity contribution is -0.149. The van der Waals surface area contributed by atoms with Crippen molar-refractivity contribution < 1.29 is 14.3 Å². The number of carbonyl (C=O) groups excluding carboxylic acids is 1. The number of rotatable bonds is 3. The highest BCUT2D eigenvalue weighted by Gasteiger charge is 2.33. The van der Waals surface area contributed by atoms with Crippen LogP contribution in [0, 0.1) is 5.92 Å². The molecular formula is C14H19NO3. The molecule has 0 saturated carbocycles. The Labute approximate surface area is 107 Å². The monoisotopic (exact) mass is 249 g/mol. The predicted molar refractivity (Wildman–Crippen MR) is 68.4 cm³/mol. The summed E-state index contributed by atoms with van der Waals surface area (Å²) in [5.74, 6) is 0.410. The molecule has 1 aromatic rings. The average molecular weight is 249 g/mol. The number of hydrogen-bond donors (Lipinski definition) is 1. The molecule has 0 aromatic heterocycles. The van der Waals surface area contributed by atoms with Gasteiger partial charge in [-0.05, 0) is 43.0 Å². The first kappa shape index (κ1) is 12.9. The molecular weight excluding hydrogens is 230 g/mol. The summed E-state index contributed by atoms with van der Waals surface area (Å²) in [6.07, 6.45) is 1.57. The van der Waals surface area contributed by atoms with Crippen molar-refractivity contribution in [3.8, 4) is 5.75 Å². The van der Waals surface area contributed by atoms with E-state index >= 15 is 0 Å². The molecule has 1 aliphatic rings. The molecule has 1 aliphatic carbocycles. The van der Waals surface area contributed by atoms with Crippen molar-refractivity contribution in [2.45, 2.75) is 25.8 Å². The molecule has 0 spiro atoms. The second-order valence-electron chi connectivity index (χ2n) is 4.49.